The average Bonchev–Trinajstić information content (AvgIpc) is 2.38. The molecule has 0 bridgehead atoms. The second kappa shape index (κ2) is 5.52. The molecule has 0 unspecified atom stereocenters. The normalized spacial score (nSPS) is 10.5. The van der Waals surface area contributed by atoms with Crippen LogP contribution in [-0.4, -0.2) is 10.2 Å². The van der Waals surface area contributed by atoms with Crippen molar-refractivity contribution < 1.29 is 10.2 Å². The van der Waals surface area contributed by atoms with E-state index in [9.17, 15) is 10.2 Å². The summed E-state index contributed by atoms with van der Waals surface area (Å²) in [6.45, 7) is 0. The molecule has 4 heteroatoms. The SMILES string of the molecule is Nc1cc(CCCc2ccc(O)c(N)c2)ccc1O. The number of aryl methyl sites for hydroxylation is 2. The van der Waals surface area contributed by atoms with Gasteiger partial charge in [0.25, 0.3) is 0 Å². The topological polar surface area (TPSA) is 92.5 Å². The predicted molar refractivity (Wildman–Crippen MR) is 77.1 cm³/mol. The van der Waals surface area contributed by atoms with E-state index in [1.807, 2.05) is 12.1 Å². The lowest BCUT2D eigenvalue weighted by Gasteiger charge is -2.06. The molecule has 0 amide bonds. The number of phenols is 2. The van der Waals surface area contributed by atoms with Gasteiger partial charge in [-0.25, -0.2) is 0 Å². The van der Waals surface area contributed by atoms with Gasteiger partial charge in [-0.05, 0) is 54.7 Å². The maximum Gasteiger partial charge on any atom is 0.138 e. The number of nitrogens with two attached hydrogens (primary N) is 2. The monoisotopic (exact) mass is 258 g/mol. The summed E-state index contributed by atoms with van der Waals surface area (Å²) in [5.41, 5.74) is 14.3. The van der Waals surface area contributed by atoms with Gasteiger partial charge in [-0.3, -0.25) is 0 Å². The highest BCUT2D eigenvalue weighted by atomic mass is 16.3. The summed E-state index contributed by atoms with van der Waals surface area (Å²) < 4.78 is 0. The standard InChI is InChI=1S/C15H18N2O2/c16-12-8-10(4-6-14(12)18)2-1-3-11-5-7-15(19)13(17)9-11/h4-9,18-19H,1-3,16-17H2. The van der Waals surface area contributed by atoms with Crippen LogP contribution in [-0.2, 0) is 12.8 Å². The smallest absolute Gasteiger partial charge is 0.138 e. The molecule has 0 radical (unpaired) electrons. The van der Waals surface area contributed by atoms with Crippen molar-refractivity contribution in [1.82, 2.24) is 0 Å². The Bertz CT molecular complexity index is 531. The van der Waals surface area contributed by atoms with Crippen molar-refractivity contribution in [1.29, 1.82) is 0 Å². The zero-order chi connectivity index (χ0) is 13.8. The number of nitrogen functional groups attached to an aromatic ring is 2. The van der Waals surface area contributed by atoms with Gasteiger partial charge in [-0.15, -0.1) is 0 Å². The van der Waals surface area contributed by atoms with E-state index in [-0.39, 0.29) is 11.5 Å². The first kappa shape index (κ1) is 13.1. The van der Waals surface area contributed by atoms with E-state index in [0.29, 0.717) is 11.4 Å². The van der Waals surface area contributed by atoms with Crippen molar-refractivity contribution in [2.45, 2.75) is 19.3 Å². The summed E-state index contributed by atoms with van der Waals surface area (Å²) in [6.07, 6.45) is 2.71. The fourth-order valence-electron chi connectivity index (χ4n) is 2.02. The van der Waals surface area contributed by atoms with Gasteiger partial charge in [0.2, 0.25) is 0 Å². The lowest BCUT2D eigenvalue weighted by molar-refractivity contribution is 0.477. The summed E-state index contributed by atoms with van der Waals surface area (Å²) in [4.78, 5) is 0. The molecule has 0 saturated carbocycles. The minimum Gasteiger partial charge on any atom is -0.506 e. The fraction of sp³-hybridized carbons (Fsp3) is 0.200. The Morgan fingerprint density at radius 3 is 1.53 bits per heavy atom. The number of benzene rings is 2. The Morgan fingerprint density at radius 2 is 1.16 bits per heavy atom. The molecular weight excluding hydrogens is 240 g/mol. The number of anilines is 2. The van der Waals surface area contributed by atoms with E-state index >= 15 is 0 Å². The van der Waals surface area contributed by atoms with Crippen molar-refractivity contribution in [3.8, 4) is 11.5 Å². The Morgan fingerprint density at radius 1 is 0.737 bits per heavy atom. The van der Waals surface area contributed by atoms with Gasteiger partial charge >= 0.3 is 0 Å². The number of aromatic hydroxyl groups is 2. The van der Waals surface area contributed by atoms with Crippen molar-refractivity contribution >= 4 is 11.4 Å². The lowest BCUT2D eigenvalue weighted by atomic mass is 10.0. The van der Waals surface area contributed by atoms with Gasteiger partial charge in [0.05, 0.1) is 11.4 Å². The molecule has 19 heavy (non-hydrogen) atoms. The highest BCUT2D eigenvalue weighted by molar-refractivity contribution is 5.54. The van der Waals surface area contributed by atoms with E-state index in [1.54, 1.807) is 24.3 Å². The number of phenolic OH excluding ortho intramolecular Hbond substituents is 2. The number of hydrogen-bond acceptors (Lipinski definition) is 4. The van der Waals surface area contributed by atoms with Crippen LogP contribution in [0.15, 0.2) is 36.4 Å². The second-order valence-electron chi connectivity index (χ2n) is 4.64. The maximum atomic E-state index is 9.34. The highest BCUT2D eigenvalue weighted by Crippen LogP contribution is 2.23. The van der Waals surface area contributed by atoms with Crippen molar-refractivity contribution in [3.05, 3.63) is 47.5 Å². The van der Waals surface area contributed by atoms with Gasteiger partial charge in [0, 0.05) is 0 Å². The fourth-order valence-corrected chi connectivity index (χ4v) is 2.02. The largest absolute Gasteiger partial charge is 0.506 e. The van der Waals surface area contributed by atoms with Gasteiger partial charge in [0.15, 0.2) is 0 Å². The van der Waals surface area contributed by atoms with Crippen LogP contribution in [0, 0.1) is 0 Å². The van der Waals surface area contributed by atoms with Crippen molar-refractivity contribution in [2.24, 2.45) is 0 Å². The predicted octanol–water partition coefficient (Wildman–Crippen LogP) is 2.44. The minimum absolute atomic E-state index is 0.120. The molecule has 4 nitrogen and oxygen atoms in total. The minimum atomic E-state index is 0.120. The van der Waals surface area contributed by atoms with E-state index in [4.69, 9.17) is 11.5 Å². The zero-order valence-corrected chi connectivity index (χ0v) is 10.6. The summed E-state index contributed by atoms with van der Waals surface area (Å²) in [5, 5.41) is 18.7. The third kappa shape index (κ3) is 3.31. The molecule has 100 valence electrons. The van der Waals surface area contributed by atoms with Crippen LogP contribution in [0.1, 0.15) is 17.5 Å². The van der Waals surface area contributed by atoms with E-state index in [0.717, 1.165) is 30.4 Å². The summed E-state index contributed by atoms with van der Waals surface area (Å²) in [7, 11) is 0. The summed E-state index contributed by atoms with van der Waals surface area (Å²) >= 11 is 0. The van der Waals surface area contributed by atoms with Crippen LogP contribution in [0.2, 0.25) is 0 Å². The van der Waals surface area contributed by atoms with E-state index in [1.165, 1.54) is 0 Å². The molecule has 0 spiro atoms. The van der Waals surface area contributed by atoms with Crippen LogP contribution in [0.25, 0.3) is 0 Å². The average molecular weight is 258 g/mol. The van der Waals surface area contributed by atoms with Crippen molar-refractivity contribution in [2.75, 3.05) is 11.5 Å². The third-order valence-electron chi connectivity index (χ3n) is 3.11. The van der Waals surface area contributed by atoms with Gasteiger partial charge in [-0.1, -0.05) is 12.1 Å². The molecule has 2 aromatic carbocycles. The molecule has 0 aliphatic rings. The summed E-state index contributed by atoms with van der Waals surface area (Å²) in [5.74, 6) is 0.241. The first-order valence-corrected chi connectivity index (χ1v) is 6.21. The third-order valence-corrected chi connectivity index (χ3v) is 3.11. The molecule has 0 aliphatic heterocycles. The molecule has 0 saturated heterocycles. The second-order valence-corrected chi connectivity index (χ2v) is 4.64. The zero-order valence-electron chi connectivity index (χ0n) is 10.6. The Labute approximate surface area is 112 Å². The molecular formula is C15H18N2O2. The van der Waals surface area contributed by atoms with Crippen LogP contribution in [0.3, 0.4) is 0 Å². The molecule has 0 heterocycles. The highest BCUT2D eigenvalue weighted by Gasteiger charge is 2.01. The molecule has 0 aromatic heterocycles. The molecule has 2 rings (SSSR count). The first-order valence-electron chi connectivity index (χ1n) is 6.21. The quantitative estimate of drug-likeness (QED) is 0.500. The van der Waals surface area contributed by atoms with Gasteiger partial charge < -0.3 is 21.7 Å². The van der Waals surface area contributed by atoms with Gasteiger partial charge in [0.1, 0.15) is 11.5 Å². The van der Waals surface area contributed by atoms with Crippen LogP contribution in [0.4, 0.5) is 11.4 Å². The van der Waals surface area contributed by atoms with Crippen LogP contribution < -0.4 is 11.5 Å². The van der Waals surface area contributed by atoms with Crippen molar-refractivity contribution in [3.63, 3.8) is 0 Å². The molecule has 6 N–H and O–H groups in total. The Kier molecular flexibility index (Phi) is 3.80. The molecule has 0 atom stereocenters. The molecule has 0 fully saturated rings. The number of rotatable bonds is 4. The summed E-state index contributed by atoms with van der Waals surface area (Å²) in [6, 6.07) is 10.6. The van der Waals surface area contributed by atoms with Crippen LogP contribution in [0.5, 0.6) is 11.5 Å². The molecule has 2 aromatic rings. The lowest BCUT2D eigenvalue weighted by Crippen LogP contribution is -1.94. The Hall–Kier alpha value is -2.36. The van der Waals surface area contributed by atoms with Gasteiger partial charge in [-0.2, -0.15) is 0 Å². The van der Waals surface area contributed by atoms with E-state index in [2.05, 4.69) is 0 Å². The maximum absolute atomic E-state index is 9.34. The molecule has 0 aliphatic carbocycles. The number of hydrogen-bond donors (Lipinski definition) is 4. The van der Waals surface area contributed by atoms with E-state index < -0.39 is 0 Å². The Balaban J connectivity index is 1.92. The van der Waals surface area contributed by atoms with Crippen LogP contribution >= 0.6 is 0 Å². The first-order chi connectivity index (χ1) is 9.06.